The summed E-state index contributed by atoms with van der Waals surface area (Å²) in [5.74, 6) is 2.39. The molecular formula is C21H26ClN5O2. The highest BCUT2D eigenvalue weighted by molar-refractivity contribution is 6.30. The molecule has 1 amide bonds. The first-order valence-electron chi connectivity index (χ1n) is 10.2. The van der Waals surface area contributed by atoms with Crippen molar-refractivity contribution < 1.29 is 9.53 Å². The number of ether oxygens (including phenoxy) is 1. The van der Waals surface area contributed by atoms with Crippen molar-refractivity contribution in [2.75, 3.05) is 55.7 Å². The molecule has 0 saturated carbocycles. The van der Waals surface area contributed by atoms with Crippen molar-refractivity contribution in [3.05, 3.63) is 41.6 Å². The normalized spacial score (nSPS) is 17.3. The van der Waals surface area contributed by atoms with E-state index in [2.05, 4.69) is 14.8 Å². The molecule has 0 radical (unpaired) electrons. The maximum atomic E-state index is 12.5. The predicted octanol–water partition coefficient (Wildman–Crippen LogP) is 2.85. The fourth-order valence-electron chi connectivity index (χ4n) is 3.71. The van der Waals surface area contributed by atoms with Crippen LogP contribution in [-0.4, -0.2) is 66.7 Å². The summed E-state index contributed by atoms with van der Waals surface area (Å²) in [7, 11) is 0. The highest BCUT2D eigenvalue weighted by atomic mass is 35.5. The number of amides is 1. The molecule has 2 aliphatic rings. The summed E-state index contributed by atoms with van der Waals surface area (Å²) in [5.41, 5.74) is 0. The zero-order valence-corrected chi connectivity index (χ0v) is 17.2. The van der Waals surface area contributed by atoms with Crippen LogP contribution in [0.25, 0.3) is 0 Å². The van der Waals surface area contributed by atoms with Crippen LogP contribution in [0, 0.1) is 0 Å². The van der Waals surface area contributed by atoms with Crippen LogP contribution in [0.2, 0.25) is 5.02 Å². The van der Waals surface area contributed by atoms with E-state index in [1.54, 1.807) is 24.3 Å². The number of halogens is 1. The largest absolute Gasteiger partial charge is 0.484 e. The summed E-state index contributed by atoms with van der Waals surface area (Å²) in [5, 5.41) is 0.646. The van der Waals surface area contributed by atoms with E-state index < -0.39 is 0 Å². The average molecular weight is 416 g/mol. The van der Waals surface area contributed by atoms with E-state index >= 15 is 0 Å². The fraction of sp³-hybridized carbons (Fsp3) is 0.476. The number of piperazine rings is 1. The number of anilines is 2. The molecular weight excluding hydrogens is 390 g/mol. The number of nitrogens with zero attached hydrogens (tertiary/aromatic N) is 5. The monoisotopic (exact) mass is 415 g/mol. The molecule has 3 heterocycles. The Morgan fingerprint density at radius 3 is 2.38 bits per heavy atom. The second-order valence-corrected chi connectivity index (χ2v) is 7.81. The molecule has 8 heteroatoms. The van der Waals surface area contributed by atoms with Gasteiger partial charge in [-0.05, 0) is 49.6 Å². The molecule has 0 aliphatic carbocycles. The molecule has 0 spiro atoms. The quantitative estimate of drug-likeness (QED) is 0.748. The summed E-state index contributed by atoms with van der Waals surface area (Å²) in [6.07, 6.45) is 5.52. The zero-order chi connectivity index (χ0) is 20.1. The number of benzene rings is 1. The second-order valence-electron chi connectivity index (χ2n) is 7.37. The minimum Gasteiger partial charge on any atom is -0.484 e. The highest BCUT2D eigenvalue weighted by Gasteiger charge is 2.23. The van der Waals surface area contributed by atoms with Gasteiger partial charge in [0.05, 0.1) is 0 Å². The van der Waals surface area contributed by atoms with Crippen LogP contribution in [0.1, 0.15) is 19.3 Å². The average Bonchev–Trinajstić information content (AvgIpc) is 2.79. The Labute approximate surface area is 176 Å². The van der Waals surface area contributed by atoms with Gasteiger partial charge in [0.1, 0.15) is 11.6 Å². The Kier molecular flexibility index (Phi) is 6.34. The molecule has 0 unspecified atom stereocenters. The van der Waals surface area contributed by atoms with Gasteiger partial charge >= 0.3 is 0 Å². The lowest BCUT2D eigenvalue weighted by Crippen LogP contribution is -2.50. The summed E-state index contributed by atoms with van der Waals surface area (Å²) in [4.78, 5) is 28.0. The molecule has 154 valence electrons. The van der Waals surface area contributed by atoms with Gasteiger partial charge < -0.3 is 19.4 Å². The maximum Gasteiger partial charge on any atom is 0.260 e. The number of piperidine rings is 1. The molecule has 2 aliphatic heterocycles. The minimum atomic E-state index is -0.00343. The first kappa shape index (κ1) is 19.8. The molecule has 29 heavy (non-hydrogen) atoms. The third-order valence-corrected chi connectivity index (χ3v) is 5.65. The number of rotatable bonds is 5. The molecule has 2 saturated heterocycles. The third-order valence-electron chi connectivity index (χ3n) is 5.40. The molecule has 2 fully saturated rings. The predicted molar refractivity (Wildman–Crippen MR) is 114 cm³/mol. The van der Waals surface area contributed by atoms with Crippen LogP contribution in [0.3, 0.4) is 0 Å². The molecule has 4 rings (SSSR count). The zero-order valence-electron chi connectivity index (χ0n) is 16.5. The van der Waals surface area contributed by atoms with Gasteiger partial charge in [0.2, 0.25) is 5.95 Å². The SMILES string of the molecule is O=C(COc1ccc(Cl)cc1)N1CCN(c2ccnc(N3CCCCC3)n2)CC1. The summed E-state index contributed by atoms with van der Waals surface area (Å²) < 4.78 is 5.58. The van der Waals surface area contributed by atoms with Gasteiger partial charge in [0, 0.05) is 50.5 Å². The second kappa shape index (κ2) is 9.31. The van der Waals surface area contributed by atoms with Crippen molar-refractivity contribution in [1.82, 2.24) is 14.9 Å². The van der Waals surface area contributed by atoms with Crippen molar-refractivity contribution in [2.45, 2.75) is 19.3 Å². The van der Waals surface area contributed by atoms with Crippen LogP contribution in [-0.2, 0) is 4.79 Å². The third kappa shape index (κ3) is 5.09. The Morgan fingerprint density at radius 2 is 1.66 bits per heavy atom. The molecule has 1 aromatic heterocycles. The van der Waals surface area contributed by atoms with Crippen molar-refractivity contribution >= 4 is 29.3 Å². The molecule has 7 nitrogen and oxygen atoms in total. The Bertz CT molecular complexity index is 818. The van der Waals surface area contributed by atoms with Crippen molar-refractivity contribution in [2.24, 2.45) is 0 Å². The number of carbonyl (C=O) groups is 1. The lowest BCUT2D eigenvalue weighted by molar-refractivity contribution is -0.133. The Morgan fingerprint density at radius 1 is 0.931 bits per heavy atom. The van der Waals surface area contributed by atoms with Gasteiger partial charge in [-0.15, -0.1) is 0 Å². The number of aromatic nitrogens is 2. The summed E-state index contributed by atoms with van der Waals surface area (Å²) in [6, 6.07) is 8.99. The first-order valence-corrected chi connectivity index (χ1v) is 10.6. The van der Waals surface area contributed by atoms with Crippen LogP contribution < -0.4 is 14.5 Å². The highest BCUT2D eigenvalue weighted by Crippen LogP contribution is 2.20. The molecule has 2 aromatic rings. The van der Waals surface area contributed by atoms with Crippen molar-refractivity contribution in [3.8, 4) is 5.75 Å². The van der Waals surface area contributed by atoms with Crippen LogP contribution >= 0.6 is 11.6 Å². The van der Waals surface area contributed by atoms with E-state index in [0.29, 0.717) is 23.9 Å². The van der Waals surface area contributed by atoms with Gasteiger partial charge in [-0.3, -0.25) is 4.79 Å². The summed E-state index contributed by atoms with van der Waals surface area (Å²) >= 11 is 5.87. The van der Waals surface area contributed by atoms with E-state index in [0.717, 1.165) is 37.9 Å². The lowest BCUT2D eigenvalue weighted by Gasteiger charge is -2.35. The van der Waals surface area contributed by atoms with Crippen LogP contribution in [0.15, 0.2) is 36.5 Å². The number of carbonyl (C=O) groups excluding carboxylic acids is 1. The van der Waals surface area contributed by atoms with Gasteiger partial charge in [0.25, 0.3) is 5.91 Å². The van der Waals surface area contributed by atoms with Crippen LogP contribution in [0.4, 0.5) is 11.8 Å². The van der Waals surface area contributed by atoms with E-state index in [1.807, 2.05) is 17.2 Å². The summed E-state index contributed by atoms with van der Waals surface area (Å²) in [6.45, 7) is 4.91. The number of hydrogen-bond acceptors (Lipinski definition) is 6. The van der Waals surface area contributed by atoms with Gasteiger partial charge in [-0.2, -0.15) is 4.98 Å². The first-order chi connectivity index (χ1) is 14.2. The molecule has 0 N–H and O–H groups in total. The molecule has 0 bridgehead atoms. The topological polar surface area (TPSA) is 61.8 Å². The van der Waals surface area contributed by atoms with Gasteiger partial charge in [-0.1, -0.05) is 11.6 Å². The van der Waals surface area contributed by atoms with Gasteiger partial charge in [-0.25, -0.2) is 4.98 Å². The van der Waals surface area contributed by atoms with Crippen molar-refractivity contribution in [1.29, 1.82) is 0 Å². The molecule has 0 atom stereocenters. The minimum absolute atomic E-state index is 0.00343. The maximum absolute atomic E-state index is 12.5. The van der Waals surface area contributed by atoms with E-state index in [-0.39, 0.29) is 12.5 Å². The smallest absolute Gasteiger partial charge is 0.260 e. The van der Waals surface area contributed by atoms with Crippen molar-refractivity contribution in [3.63, 3.8) is 0 Å². The van der Waals surface area contributed by atoms with E-state index in [4.69, 9.17) is 21.3 Å². The fourth-order valence-corrected chi connectivity index (χ4v) is 3.84. The Hall–Kier alpha value is -2.54. The standard InChI is InChI=1S/C21H26ClN5O2/c22-17-4-6-18(7-5-17)29-16-20(28)26-14-12-25(13-15-26)19-8-9-23-21(24-19)27-10-2-1-3-11-27/h4-9H,1-3,10-16H2. The van der Waals surface area contributed by atoms with Crippen LogP contribution in [0.5, 0.6) is 5.75 Å². The lowest BCUT2D eigenvalue weighted by atomic mass is 10.1. The van der Waals surface area contributed by atoms with E-state index in [9.17, 15) is 4.79 Å². The number of hydrogen-bond donors (Lipinski definition) is 0. The Balaban J connectivity index is 1.28. The van der Waals surface area contributed by atoms with E-state index in [1.165, 1.54) is 19.3 Å². The molecule has 1 aromatic carbocycles. The van der Waals surface area contributed by atoms with Gasteiger partial charge in [0.15, 0.2) is 6.61 Å².